The van der Waals surface area contributed by atoms with E-state index in [0.29, 0.717) is 0 Å². The Morgan fingerprint density at radius 1 is 1.17 bits per heavy atom. The molecule has 1 aromatic carbocycles. The Hall–Kier alpha value is -2.36. The first-order valence-corrected chi connectivity index (χ1v) is 5.83. The standard InChI is InChI=1S/C14H14N4/c1-9-8-11(15)5-6-13(9)18-10(2)17-12-4-3-7-16-14(12)18/h3-8H,15H2,1-2H3. The molecule has 18 heavy (non-hydrogen) atoms. The molecule has 0 amide bonds. The molecule has 0 saturated carbocycles. The highest BCUT2D eigenvalue weighted by molar-refractivity contribution is 5.74. The molecule has 4 nitrogen and oxygen atoms in total. The highest BCUT2D eigenvalue weighted by atomic mass is 15.1. The maximum Gasteiger partial charge on any atom is 0.164 e. The maximum absolute atomic E-state index is 5.79. The third-order valence-corrected chi connectivity index (χ3v) is 3.05. The van der Waals surface area contributed by atoms with Gasteiger partial charge in [-0.15, -0.1) is 0 Å². The predicted octanol–water partition coefficient (Wildman–Crippen LogP) is 2.62. The summed E-state index contributed by atoms with van der Waals surface area (Å²) >= 11 is 0. The fourth-order valence-electron chi connectivity index (χ4n) is 2.24. The van der Waals surface area contributed by atoms with E-state index in [9.17, 15) is 0 Å². The van der Waals surface area contributed by atoms with Crippen molar-refractivity contribution in [2.75, 3.05) is 5.73 Å². The van der Waals surface area contributed by atoms with E-state index in [4.69, 9.17) is 5.73 Å². The number of hydrogen-bond donors (Lipinski definition) is 1. The quantitative estimate of drug-likeness (QED) is 0.663. The smallest absolute Gasteiger partial charge is 0.164 e. The highest BCUT2D eigenvalue weighted by Crippen LogP contribution is 2.23. The molecule has 0 aliphatic carbocycles. The zero-order valence-corrected chi connectivity index (χ0v) is 10.4. The van der Waals surface area contributed by atoms with Gasteiger partial charge in [0.1, 0.15) is 11.3 Å². The number of hydrogen-bond acceptors (Lipinski definition) is 3. The number of fused-ring (bicyclic) bond motifs is 1. The van der Waals surface area contributed by atoms with Crippen LogP contribution in [0.1, 0.15) is 11.4 Å². The van der Waals surface area contributed by atoms with E-state index in [1.807, 2.05) is 44.2 Å². The van der Waals surface area contributed by atoms with Crippen LogP contribution in [0.15, 0.2) is 36.5 Å². The van der Waals surface area contributed by atoms with Gasteiger partial charge in [-0.05, 0) is 49.7 Å². The molecule has 0 unspecified atom stereocenters. The minimum Gasteiger partial charge on any atom is -0.399 e. The van der Waals surface area contributed by atoms with Crippen LogP contribution in [0.5, 0.6) is 0 Å². The minimum atomic E-state index is 0.770. The Kier molecular flexibility index (Phi) is 2.30. The molecule has 0 spiro atoms. The topological polar surface area (TPSA) is 56.7 Å². The summed E-state index contributed by atoms with van der Waals surface area (Å²) in [7, 11) is 0. The molecule has 0 aliphatic rings. The third-order valence-electron chi connectivity index (χ3n) is 3.05. The summed E-state index contributed by atoms with van der Waals surface area (Å²) in [4.78, 5) is 8.93. The zero-order valence-electron chi connectivity index (χ0n) is 10.4. The fourth-order valence-corrected chi connectivity index (χ4v) is 2.24. The van der Waals surface area contributed by atoms with Crippen molar-refractivity contribution in [3.8, 4) is 5.69 Å². The second-order valence-electron chi connectivity index (χ2n) is 4.39. The van der Waals surface area contributed by atoms with Gasteiger partial charge in [0.15, 0.2) is 5.65 Å². The first-order chi connectivity index (χ1) is 8.66. The van der Waals surface area contributed by atoms with Crippen LogP contribution in [0.2, 0.25) is 0 Å². The van der Waals surface area contributed by atoms with E-state index >= 15 is 0 Å². The monoisotopic (exact) mass is 238 g/mol. The number of nitrogens with zero attached hydrogens (tertiary/aromatic N) is 3. The Bertz CT molecular complexity index is 728. The van der Waals surface area contributed by atoms with Gasteiger partial charge < -0.3 is 5.73 Å². The van der Waals surface area contributed by atoms with Crippen LogP contribution in [-0.2, 0) is 0 Å². The largest absolute Gasteiger partial charge is 0.399 e. The summed E-state index contributed by atoms with van der Waals surface area (Å²) < 4.78 is 2.06. The van der Waals surface area contributed by atoms with Gasteiger partial charge in [0.25, 0.3) is 0 Å². The fraction of sp³-hybridized carbons (Fsp3) is 0.143. The van der Waals surface area contributed by atoms with E-state index in [2.05, 4.69) is 14.5 Å². The van der Waals surface area contributed by atoms with Crippen LogP contribution < -0.4 is 5.73 Å². The summed E-state index contributed by atoms with van der Waals surface area (Å²) in [5, 5.41) is 0. The first-order valence-electron chi connectivity index (χ1n) is 5.83. The number of anilines is 1. The Morgan fingerprint density at radius 3 is 2.78 bits per heavy atom. The van der Waals surface area contributed by atoms with Gasteiger partial charge in [-0.25, -0.2) is 9.97 Å². The number of rotatable bonds is 1. The Balaban J connectivity index is 2.34. The molecule has 3 aromatic rings. The summed E-state index contributed by atoms with van der Waals surface area (Å²) in [5.41, 5.74) is 10.5. The van der Waals surface area contributed by atoms with E-state index in [1.54, 1.807) is 6.20 Å². The number of benzene rings is 1. The van der Waals surface area contributed by atoms with Crippen molar-refractivity contribution >= 4 is 16.9 Å². The van der Waals surface area contributed by atoms with Gasteiger partial charge in [-0.2, -0.15) is 0 Å². The second-order valence-corrected chi connectivity index (χ2v) is 4.39. The summed E-state index contributed by atoms with van der Waals surface area (Å²) in [6.45, 7) is 4.03. The number of imidazole rings is 1. The van der Waals surface area contributed by atoms with E-state index in [-0.39, 0.29) is 0 Å². The van der Waals surface area contributed by atoms with E-state index < -0.39 is 0 Å². The van der Waals surface area contributed by atoms with Crippen molar-refractivity contribution in [2.45, 2.75) is 13.8 Å². The Labute approximate surface area is 105 Å². The van der Waals surface area contributed by atoms with Gasteiger partial charge in [-0.3, -0.25) is 4.57 Å². The van der Waals surface area contributed by atoms with Crippen LogP contribution in [0, 0.1) is 13.8 Å². The lowest BCUT2D eigenvalue weighted by Gasteiger charge is -2.10. The average molecular weight is 238 g/mol. The van der Waals surface area contributed by atoms with E-state index in [1.165, 1.54) is 0 Å². The summed E-state index contributed by atoms with van der Waals surface area (Å²) in [5.74, 6) is 0.927. The van der Waals surface area contributed by atoms with Crippen molar-refractivity contribution < 1.29 is 0 Å². The average Bonchev–Trinajstić information content (AvgIpc) is 2.66. The number of aryl methyl sites for hydroxylation is 2. The van der Waals surface area contributed by atoms with Crippen LogP contribution in [-0.4, -0.2) is 14.5 Å². The lowest BCUT2D eigenvalue weighted by molar-refractivity contribution is 0.977. The SMILES string of the molecule is Cc1cc(N)ccc1-n1c(C)nc2cccnc21. The predicted molar refractivity (Wildman–Crippen MR) is 72.8 cm³/mol. The van der Waals surface area contributed by atoms with Gasteiger partial charge in [-0.1, -0.05) is 0 Å². The van der Waals surface area contributed by atoms with Crippen molar-refractivity contribution in [2.24, 2.45) is 0 Å². The van der Waals surface area contributed by atoms with Crippen LogP contribution in [0.25, 0.3) is 16.9 Å². The number of aromatic nitrogens is 3. The number of nitrogens with two attached hydrogens (primary N) is 1. The van der Waals surface area contributed by atoms with Crippen LogP contribution in [0.4, 0.5) is 5.69 Å². The molecule has 0 bridgehead atoms. The second kappa shape index (κ2) is 3.84. The molecular formula is C14H14N4. The molecule has 3 rings (SSSR count). The van der Waals surface area contributed by atoms with Crippen molar-refractivity contribution in [1.29, 1.82) is 0 Å². The van der Waals surface area contributed by atoms with Crippen molar-refractivity contribution in [3.05, 3.63) is 47.9 Å². The molecule has 2 heterocycles. The normalized spacial score (nSPS) is 11.0. The lowest BCUT2D eigenvalue weighted by Crippen LogP contribution is -2.01. The molecule has 0 aliphatic heterocycles. The highest BCUT2D eigenvalue weighted by Gasteiger charge is 2.11. The number of pyridine rings is 1. The molecule has 0 atom stereocenters. The van der Waals surface area contributed by atoms with Crippen molar-refractivity contribution in [1.82, 2.24) is 14.5 Å². The van der Waals surface area contributed by atoms with E-state index in [0.717, 1.165) is 33.9 Å². The van der Waals surface area contributed by atoms with Crippen LogP contribution >= 0.6 is 0 Å². The van der Waals surface area contributed by atoms with Gasteiger partial charge >= 0.3 is 0 Å². The summed E-state index contributed by atoms with van der Waals surface area (Å²) in [6.07, 6.45) is 1.78. The molecule has 2 aromatic heterocycles. The molecule has 0 saturated heterocycles. The minimum absolute atomic E-state index is 0.770. The van der Waals surface area contributed by atoms with Gasteiger partial charge in [0.05, 0.1) is 5.69 Å². The molecule has 0 fully saturated rings. The molecule has 2 N–H and O–H groups in total. The van der Waals surface area contributed by atoms with Crippen LogP contribution in [0.3, 0.4) is 0 Å². The molecule has 0 radical (unpaired) electrons. The Morgan fingerprint density at radius 2 is 2.00 bits per heavy atom. The zero-order chi connectivity index (χ0) is 12.7. The van der Waals surface area contributed by atoms with Crippen molar-refractivity contribution in [3.63, 3.8) is 0 Å². The molecular weight excluding hydrogens is 224 g/mol. The van der Waals surface area contributed by atoms with Gasteiger partial charge in [0.2, 0.25) is 0 Å². The first kappa shape index (κ1) is 10.8. The number of nitrogen functional groups attached to an aromatic ring is 1. The molecule has 90 valence electrons. The maximum atomic E-state index is 5.79. The summed E-state index contributed by atoms with van der Waals surface area (Å²) in [6, 6.07) is 9.74. The third kappa shape index (κ3) is 1.54. The van der Waals surface area contributed by atoms with Gasteiger partial charge in [0, 0.05) is 11.9 Å². The molecule has 4 heteroatoms. The lowest BCUT2D eigenvalue weighted by atomic mass is 10.2.